The van der Waals surface area contributed by atoms with Crippen LogP contribution in [-0.4, -0.2) is 31.2 Å². The van der Waals surface area contributed by atoms with Crippen LogP contribution in [0.1, 0.15) is 52.4 Å². The zero-order chi connectivity index (χ0) is 13.9. The van der Waals surface area contributed by atoms with Gasteiger partial charge in [-0.2, -0.15) is 0 Å². The van der Waals surface area contributed by atoms with Crippen molar-refractivity contribution in [3.05, 3.63) is 0 Å². The molecule has 0 aromatic heterocycles. The highest BCUT2D eigenvalue weighted by Gasteiger charge is 2.44. The van der Waals surface area contributed by atoms with Gasteiger partial charge in [-0.1, -0.05) is 25.7 Å². The molecule has 2 rings (SSSR count). The van der Waals surface area contributed by atoms with Crippen LogP contribution in [0.5, 0.6) is 0 Å². The van der Waals surface area contributed by atoms with Gasteiger partial charge in [0.25, 0.3) is 0 Å². The maximum Gasteiger partial charge on any atom is 0.230 e. The molecule has 1 saturated heterocycles. The standard InChI is InChI=1S/C15H28N2O2/c1-11(12-7-5-3-4-6-8-12)17-14(18)15(2)10-19-9-13(15)16/h11-13H,3-10,16H2,1-2H3,(H,17,18)/t11-,13?,15?/m0/s1. The van der Waals surface area contributed by atoms with Crippen molar-refractivity contribution in [2.45, 2.75) is 64.5 Å². The summed E-state index contributed by atoms with van der Waals surface area (Å²) < 4.78 is 5.35. The quantitative estimate of drug-likeness (QED) is 0.767. The number of nitrogens with one attached hydrogen (secondary N) is 1. The first-order valence-electron chi connectivity index (χ1n) is 7.68. The van der Waals surface area contributed by atoms with Gasteiger partial charge >= 0.3 is 0 Å². The van der Waals surface area contributed by atoms with E-state index in [-0.39, 0.29) is 18.0 Å². The van der Waals surface area contributed by atoms with Crippen molar-refractivity contribution in [3.8, 4) is 0 Å². The second-order valence-corrected chi connectivity index (χ2v) is 6.55. The summed E-state index contributed by atoms with van der Waals surface area (Å²) in [6.45, 7) is 4.98. The molecule has 2 aliphatic rings. The molecule has 2 fully saturated rings. The van der Waals surface area contributed by atoms with Crippen LogP contribution >= 0.6 is 0 Å². The monoisotopic (exact) mass is 268 g/mol. The average molecular weight is 268 g/mol. The molecule has 1 heterocycles. The lowest BCUT2D eigenvalue weighted by molar-refractivity contribution is -0.131. The minimum atomic E-state index is -0.557. The smallest absolute Gasteiger partial charge is 0.230 e. The number of amides is 1. The fraction of sp³-hybridized carbons (Fsp3) is 0.933. The third-order valence-electron chi connectivity index (χ3n) is 5.00. The Labute approximate surface area is 116 Å². The van der Waals surface area contributed by atoms with Crippen molar-refractivity contribution in [2.24, 2.45) is 17.1 Å². The lowest BCUT2D eigenvalue weighted by atomic mass is 9.83. The van der Waals surface area contributed by atoms with Crippen LogP contribution in [-0.2, 0) is 9.53 Å². The highest BCUT2D eigenvalue weighted by atomic mass is 16.5. The fourth-order valence-corrected chi connectivity index (χ4v) is 3.22. The van der Waals surface area contributed by atoms with Gasteiger partial charge in [0.1, 0.15) is 0 Å². The SMILES string of the molecule is C[C@H](NC(=O)C1(C)COCC1N)C1CCCCCC1. The number of hydrogen-bond acceptors (Lipinski definition) is 3. The minimum absolute atomic E-state index is 0.0641. The summed E-state index contributed by atoms with van der Waals surface area (Å²) in [4.78, 5) is 12.4. The van der Waals surface area contributed by atoms with E-state index >= 15 is 0 Å². The molecule has 1 aliphatic carbocycles. The number of ether oxygens (including phenoxy) is 1. The summed E-state index contributed by atoms with van der Waals surface area (Å²) in [6.07, 6.45) is 7.75. The van der Waals surface area contributed by atoms with Gasteiger partial charge < -0.3 is 15.8 Å². The summed E-state index contributed by atoms with van der Waals surface area (Å²) in [5, 5.41) is 3.19. The highest BCUT2D eigenvalue weighted by Crippen LogP contribution is 2.29. The van der Waals surface area contributed by atoms with Crippen LogP contribution < -0.4 is 11.1 Å². The molecule has 4 nitrogen and oxygen atoms in total. The summed E-state index contributed by atoms with van der Waals surface area (Å²) in [6, 6.07) is 0.0593. The van der Waals surface area contributed by atoms with Crippen LogP contribution in [0.4, 0.5) is 0 Å². The van der Waals surface area contributed by atoms with Gasteiger partial charge in [0.05, 0.1) is 18.6 Å². The molecule has 19 heavy (non-hydrogen) atoms. The largest absolute Gasteiger partial charge is 0.379 e. The van der Waals surface area contributed by atoms with E-state index < -0.39 is 5.41 Å². The van der Waals surface area contributed by atoms with Crippen molar-refractivity contribution in [2.75, 3.05) is 13.2 Å². The Bertz CT molecular complexity index is 313. The molecule has 3 N–H and O–H groups in total. The molecule has 1 aliphatic heterocycles. The molecule has 2 unspecified atom stereocenters. The van der Waals surface area contributed by atoms with Crippen LogP contribution in [0.3, 0.4) is 0 Å². The third-order valence-corrected chi connectivity index (χ3v) is 5.00. The van der Waals surface area contributed by atoms with E-state index in [9.17, 15) is 4.79 Å². The Balaban J connectivity index is 1.90. The topological polar surface area (TPSA) is 64.3 Å². The lowest BCUT2D eigenvalue weighted by Crippen LogP contribution is -2.53. The van der Waals surface area contributed by atoms with E-state index in [0.717, 1.165) is 0 Å². The van der Waals surface area contributed by atoms with Crippen LogP contribution in [0.25, 0.3) is 0 Å². The summed E-state index contributed by atoms with van der Waals surface area (Å²) in [5.74, 6) is 0.683. The van der Waals surface area contributed by atoms with Crippen molar-refractivity contribution >= 4 is 5.91 Å². The molecule has 0 bridgehead atoms. The van der Waals surface area contributed by atoms with Gasteiger partial charge in [-0.15, -0.1) is 0 Å². The van der Waals surface area contributed by atoms with Gasteiger partial charge in [0, 0.05) is 12.1 Å². The molecule has 4 heteroatoms. The molecular weight excluding hydrogens is 240 g/mol. The van der Waals surface area contributed by atoms with Crippen LogP contribution in [0.2, 0.25) is 0 Å². The van der Waals surface area contributed by atoms with E-state index in [1.54, 1.807) is 0 Å². The van der Waals surface area contributed by atoms with Crippen molar-refractivity contribution in [1.82, 2.24) is 5.32 Å². The van der Waals surface area contributed by atoms with E-state index in [4.69, 9.17) is 10.5 Å². The maximum atomic E-state index is 12.4. The van der Waals surface area contributed by atoms with Gasteiger partial charge in [-0.25, -0.2) is 0 Å². The van der Waals surface area contributed by atoms with Gasteiger partial charge in [-0.3, -0.25) is 4.79 Å². The zero-order valence-electron chi connectivity index (χ0n) is 12.3. The summed E-state index contributed by atoms with van der Waals surface area (Å²) >= 11 is 0. The van der Waals surface area contributed by atoms with E-state index in [1.165, 1.54) is 38.5 Å². The van der Waals surface area contributed by atoms with Gasteiger partial charge in [-0.05, 0) is 32.6 Å². The first-order valence-corrected chi connectivity index (χ1v) is 7.68. The van der Waals surface area contributed by atoms with Crippen molar-refractivity contribution in [1.29, 1.82) is 0 Å². The second kappa shape index (κ2) is 6.23. The Morgan fingerprint density at radius 2 is 1.95 bits per heavy atom. The number of hydrogen-bond donors (Lipinski definition) is 2. The van der Waals surface area contributed by atoms with Crippen molar-refractivity contribution in [3.63, 3.8) is 0 Å². The van der Waals surface area contributed by atoms with Crippen molar-refractivity contribution < 1.29 is 9.53 Å². The van der Waals surface area contributed by atoms with Crippen LogP contribution in [0.15, 0.2) is 0 Å². The maximum absolute atomic E-state index is 12.4. The fourth-order valence-electron chi connectivity index (χ4n) is 3.22. The number of rotatable bonds is 3. The molecule has 0 radical (unpaired) electrons. The first kappa shape index (κ1) is 14.8. The molecule has 0 spiro atoms. The predicted octanol–water partition coefficient (Wildman–Crippen LogP) is 1.83. The first-order chi connectivity index (χ1) is 9.04. The summed E-state index contributed by atoms with van der Waals surface area (Å²) in [7, 11) is 0. The van der Waals surface area contributed by atoms with Crippen LogP contribution in [0, 0.1) is 11.3 Å². The lowest BCUT2D eigenvalue weighted by Gasteiger charge is -2.30. The zero-order valence-corrected chi connectivity index (χ0v) is 12.3. The number of carbonyl (C=O) groups is 1. The van der Waals surface area contributed by atoms with Gasteiger partial charge in [0.2, 0.25) is 5.91 Å². The second-order valence-electron chi connectivity index (χ2n) is 6.55. The number of nitrogens with two attached hydrogens (primary N) is 1. The third kappa shape index (κ3) is 3.29. The average Bonchev–Trinajstić information content (AvgIpc) is 2.60. The predicted molar refractivity (Wildman–Crippen MR) is 75.7 cm³/mol. The Kier molecular flexibility index (Phi) is 4.85. The van der Waals surface area contributed by atoms with Gasteiger partial charge in [0.15, 0.2) is 0 Å². The van der Waals surface area contributed by atoms with E-state index in [0.29, 0.717) is 19.1 Å². The molecule has 110 valence electrons. The Hall–Kier alpha value is -0.610. The minimum Gasteiger partial charge on any atom is -0.379 e. The highest BCUT2D eigenvalue weighted by molar-refractivity contribution is 5.83. The molecule has 0 aromatic carbocycles. The molecule has 1 saturated carbocycles. The van der Waals surface area contributed by atoms with E-state index in [2.05, 4.69) is 12.2 Å². The normalized spacial score (nSPS) is 34.8. The Morgan fingerprint density at radius 3 is 2.47 bits per heavy atom. The molecule has 3 atom stereocenters. The number of carbonyl (C=O) groups excluding carboxylic acids is 1. The molecule has 0 aromatic rings. The van der Waals surface area contributed by atoms with E-state index in [1.807, 2.05) is 6.92 Å². The molecular formula is C15H28N2O2. The molecule has 1 amide bonds. The summed E-state index contributed by atoms with van der Waals surface area (Å²) in [5.41, 5.74) is 5.45. The Morgan fingerprint density at radius 1 is 1.32 bits per heavy atom.